The summed E-state index contributed by atoms with van der Waals surface area (Å²) in [6.07, 6.45) is 2.95. The number of halogens is 1. The molecule has 1 saturated heterocycles. The Bertz CT molecular complexity index is 1320. The highest BCUT2D eigenvalue weighted by Crippen LogP contribution is 2.27. The molecule has 1 N–H and O–H groups in total. The van der Waals surface area contributed by atoms with Gasteiger partial charge in [-0.2, -0.15) is 22.0 Å². The summed E-state index contributed by atoms with van der Waals surface area (Å²) < 4.78 is 28.8. The van der Waals surface area contributed by atoms with Crippen LogP contribution in [0.4, 0.5) is 5.95 Å². The number of anilines is 1. The molecule has 9 nitrogen and oxygen atoms in total. The molecule has 4 rings (SSSR count). The van der Waals surface area contributed by atoms with E-state index in [4.69, 9.17) is 11.6 Å². The van der Waals surface area contributed by atoms with Gasteiger partial charge in [-0.05, 0) is 25.0 Å². The zero-order chi connectivity index (χ0) is 23.0. The van der Waals surface area contributed by atoms with Crippen LogP contribution in [0.3, 0.4) is 0 Å². The molecule has 3 aromatic rings. The van der Waals surface area contributed by atoms with E-state index in [1.807, 2.05) is 18.2 Å². The number of hydrogen-bond donors (Lipinski definition) is 1. The highest BCUT2D eigenvalue weighted by Gasteiger charge is 2.29. The second-order valence-corrected chi connectivity index (χ2v) is 10.5. The van der Waals surface area contributed by atoms with E-state index in [0.29, 0.717) is 53.7 Å². The van der Waals surface area contributed by atoms with Crippen LogP contribution < -0.4 is 10.9 Å². The van der Waals surface area contributed by atoms with E-state index in [-0.39, 0.29) is 11.6 Å². The van der Waals surface area contributed by atoms with Crippen molar-refractivity contribution in [1.29, 1.82) is 0 Å². The van der Waals surface area contributed by atoms with Gasteiger partial charge in [-0.3, -0.25) is 9.36 Å². The lowest BCUT2D eigenvalue weighted by atomic mass is 10.1. The predicted octanol–water partition coefficient (Wildman–Crippen LogP) is 2.33. The van der Waals surface area contributed by atoms with Crippen molar-refractivity contribution in [2.24, 2.45) is 7.05 Å². The first kappa shape index (κ1) is 22.7. The van der Waals surface area contributed by atoms with Gasteiger partial charge in [-0.25, -0.2) is 4.98 Å². The van der Waals surface area contributed by atoms with Crippen LogP contribution in [0.1, 0.15) is 12.8 Å². The average Bonchev–Trinajstić information content (AvgIpc) is 2.77. The topological polar surface area (TPSA) is 100 Å². The Hall–Kier alpha value is -2.53. The maximum atomic E-state index is 13.0. The van der Waals surface area contributed by atoms with Crippen molar-refractivity contribution in [1.82, 2.24) is 23.1 Å². The molecule has 1 aliphatic heterocycles. The zero-order valence-electron chi connectivity index (χ0n) is 18.1. The van der Waals surface area contributed by atoms with Crippen LogP contribution in [-0.2, 0) is 17.3 Å². The standard InChI is InChI=1S/C21H25ClN6O3S/c1-26(2)32(30,31)28-10-8-15(9-11-28)24-21-23-13-14-12-17(16-6-4-5-7-18(16)22)20(29)27(3)19(14)25-21/h4-7,12-13,15H,8-11H2,1-3H3,(H,23,24,25). The molecule has 11 heteroatoms. The lowest BCUT2D eigenvalue weighted by Crippen LogP contribution is -2.46. The molecule has 0 unspecified atom stereocenters. The van der Waals surface area contributed by atoms with Crippen LogP contribution in [0, 0.1) is 0 Å². The summed E-state index contributed by atoms with van der Waals surface area (Å²) in [4.78, 5) is 21.9. The Kier molecular flexibility index (Phi) is 6.22. The second kappa shape index (κ2) is 8.78. The molecule has 1 aliphatic rings. The second-order valence-electron chi connectivity index (χ2n) is 7.98. The highest BCUT2D eigenvalue weighted by molar-refractivity contribution is 7.86. The normalized spacial score (nSPS) is 16.0. The molecule has 0 spiro atoms. The van der Waals surface area contributed by atoms with Gasteiger partial charge in [0.2, 0.25) is 5.95 Å². The van der Waals surface area contributed by atoms with Crippen LogP contribution in [0.2, 0.25) is 5.02 Å². The minimum Gasteiger partial charge on any atom is -0.351 e. The Morgan fingerprint density at radius 1 is 1.16 bits per heavy atom. The first-order chi connectivity index (χ1) is 15.2. The number of aromatic nitrogens is 3. The summed E-state index contributed by atoms with van der Waals surface area (Å²) >= 11 is 6.29. The maximum Gasteiger partial charge on any atom is 0.281 e. The first-order valence-electron chi connectivity index (χ1n) is 10.2. The van der Waals surface area contributed by atoms with Crippen molar-refractivity contribution >= 4 is 38.8 Å². The third-order valence-corrected chi connectivity index (χ3v) is 7.96. The third-order valence-electron chi connectivity index (χ3n) is 5.69. The fourth-order valence-electron chi connectivity index (χ4n) is 3.83. The van der Waals surface area contributed by atoms with Crippen molar-refractivity contribution in [3.8, 4) is 11.1 Å². The number of hydrogen-bond acceptors (Lipinski definition) is 6. The van der Waals surface area contributed by atoms with Gasteiger partial charge in [0.15, 0.2) is 0 Å². The fraction of sp³-hybridized carbons (Fsp3) is 0.381. The van der Waals surface area contributed by atoms with E-state index < -0.39 is 10.2 Å². The van der Waals surface area contributed by atoms with E-state index in [2.05, 4.69) is 15.3 Å². The Balaban J connectivity index is 1.56. The molecular formula is C21H25ClN6O3S. The fourth-order valence-corrected chi connectivity index (χ4v) is 5.20. The van der Waals surface area contributed by atoms with Crippen molar-refractivity contribution in [2.45, 2.75) is 18.9 Å². The number of fused-ring (bicyclic) bond motifs is 1. The van der Waals surface area contributed by atoms with E-state index in [1.165, 1.54) is 27.3 Å². The molecule has 0 aliphatic carbocycles. The quantitative estimate of drug-likeness (QED) is 0.606. The molecule has 0 saturated carbocycles. The van der Waals surface area contributed by atoms with Gasteiger partial charge in [0, 0.05) is 68.0 Å². The summed E-state index contributed by atoms with van der Waals surface area (Å²) in [7, 11) is 1.33. The van der Waals surface area contributed by atoms with Crippen molar-refractivity contribution in [2.75, 3.05) is 32.5 Å². The van der Waals surface area contributed by atoms with Crippen LogP contribution in [0.5, 0.6) is 0 Å². The largest absolute Gasteiger partial charge is 0.351 e. The van der Waals surface area contributed by atoms with E-state index in [9.17, 15) is 13.2 Å². The van der Waals surface area contributed by atoms with Crippen LogP contribution in [0.25, 0.3) is 22.2 Å². The Morgan fingerprint density at radius 3 is 2.50 bits per heavy atom. The van der Waals surface area contributed by atoms with Gasteiger partial charge in [-0.15, -0.1) is 0 Å². The molecule has 1 aromatic carbocycles. The minimum absolute atomic E-state index is 0.0421. The number of piperidine rings is 1. The monoisotopic (exact) mass is 476 g/mol. The number of rotatable bonds is 5. The molecule has 0 bridgehead atoms. The molecule has 170 valence electrons. The van der Waals surface area contributed by atoms with Crippen molar-refractivity contribution in [3.05, 3.63) is 51.9 Å². The SMILES string of the molecule is CN(C)S(=O)(=O)N1CCC(Nc2ncc3cc(-c4ccccc4Cl)c(=O)n(C)c3n2)CC1. The summed E-state index contributed by atoms with van der Waals surface area (Å²) in [6, 6.07) is 9.01. The molecule has 0 radical (unpaired) electrons. The minimum atomic E-state index is -3.41. The summed E-state index contributed by atoms with van der Waals surface area (Å²) in [6.45, 7) is 0.844. The molecule has 3 heterocycles. The van der Waals surface area contributed by atoms with Crippen LogP contribution in [0.15, 0.2) is 41.3 Å². The molecule has 2 aromatic heterocycles. The Labute approximate surface area is 191 Å². The predicted molar refractivity (Wildman–Crippen MR) is 126 cm³/mol. The number of nitrogens with one attached hydrogen (secondary N) is 1. The number of aryl methyl sites for hydroxylation is 1. The van der Waals surface area contributed by atoms with Gasteiger partial charge in [-0.1, -0.05) is 29.8 Å². The number of benzene rings is 1. The first-order valence-corrected chi connectivity index (χ1v) is 12.0. The molecule has 32 heavy (non-hydrogen) atoms. The van der Waals surface area contributed by atoms with Crippen molar-refractivity contribution < 1.29 is 8.42 Å². The van der Waals surface area contributed by atoms with Crippen LogP contribution >= 0.6 is 11.6 Å². The van der Waals surface area contributed by atoms with E-state index >= 15 is 0 Å². The van der Waals surface area contributed by atoms with Gasteiger partial charge < -0.3 is 5.32 Å². The average molecular weight is 477 g/mol. The maximum absolute atomic E-state index is 13.0. The lowest BCUT2D eigenvalue weighted by Gasteiger charge is -2.33. The van der Waals surface area contributed by atoms with E-state index in [1.54, 1.807) is 25.4 Å². The highest BCUT2D eigenvalue weighted by atomic mass is 35.5. The Morgan fingerprint density at radius 2 is 1.84 bits per heavy atom. The van der Waals surface area contributed by atoms with Crippen LogP contribution in [-0.4, -0.2) is 64.8 Å². The zero-order valence-corrected chi connectivity index (χ0v) is 19.7. The van der Waals surface area contributed by atoms with Gasteiger partial charge in [0.25, 0.3) is 15.8 Å². The van der Waals surface area contributed by atoms with Gasteiger partial charge in [0.05, 0.1) is 0 Å². The summed E-state index contributed by atoms with van der Waals surface area (Å²) in [5.41, 5.74) is 1.47. The smallest absolute Gasteiger partial charge is 0.281 e. The molecular weight excluding hydrogens is 452 g/mol. The van der Waals surface area contributed by atoms with Gasteiger partial charge in [0.1, 0.15) is 5.65 Å². The lowest BCUT2D eigenvalue weighted by molar-refractivity contribution is 0.310. The molecule has 0 amide bonds. The number of pyridine rings is 1. The summed E-state index contributed by atoms with van der Waals surface area (Å²) in [5.74, 6) is 0.409. The number of nitrogens with zero attached hydrogens (tertiary/aromatic N) is 5. The summed E-state index contributed by atoms with van der Waals surface area (Å²) in [5, 5.41) is 4.51. The molecule has 1 fully saturated rings. The van der Waals surface area contributed by atoms with E-state index in [0.717, 1.165) is 5.39 Å². The van der Waals surface area contributed by atoms with Crippen molar-refractivity contribution in [3.63, 3.8) is 0 Å². The molecule has 0 atom stereocenters. The van der Waals surface area contributed by atoms with Gasteiger partial charge >= 0.3 is 0 Å². The third kappa shape index (κ3) is 4.23.